The van der Waals surface area contributed by atoms with Crippen LogP contribution in [0.5, 0.6) is 0 Å². The summed E-state index contributed by atoms with van der Waals surface area (Å²) in [6.45, 7) is 0. The molecule has 0 radical (unpaired) electrons. The molecule has 1 fully saturated rings. The number of nitrogens with two attached hydrogens (primary N) is 1. The predicted octanol–water partition coefficient (Wildman–Crippen LogP) is 3.41. The molecule has 4 heteroatoms. The van der Waals surface area contributed by atoms with Gasteiger partial charge in [-0.05, 0) is 54.4 Å². The Balaban J connectivity index is 1.91. The Labute approximate surface area is 124 Å². The van der Waals surface area contributed by atoms with Gasteiger partial charge in [-0.25, -0.2) is 5.84 Å². The number of benzene rings is 1. The van der Waals surface area contributed by atoms with Crippen molar-refractivity contribution in [3.63, 3.8) is 0 Å². The molecule has 1 aromatic carbocycles. The summed E-state index contributed by atoms with van der Waals surface area (Å²) in [5.41, 5.74) is 5.90. The molecule has 1 unspecified atom stereocenters. The van der Waals surface area contributed by atoms with E-state index in [0.717, 1.165) is 23.4 Å². The largest absolute Gasteiger partial charge is 0.294 e. The van der Waals surface area contributed by atoms with Gasteiger partial charge in [0.2, 0.25) is 5.91 Å². The molecule has 3 N–H and O–H groups in total. The number of rotatable bonds is 2. The average Bonchev–Trinajstić information content (AvgIpc) is 2.89. The number of hydrogen-bond donors (Lipinski definition) is 2. The van der Waals surface area contributed by atoms with Gasteiger partial charge >= 0.3 is 0 Å². The second-order valence-electron chi connectivity index (χ2n) is 6.01. The monoisotopic (exact) mass is 292 g/mol. The first-order valence-corrected chi connectivity index (χ1v) is 7.91. The zero-order chi connectivity index (χ0) is 14.1. The second kappa shape index (κ2) is 5.74. The number of aryl methyl sites for hydroxylation is 1. The maximum atomic E-state index is 11.8. The number of carbonyl (C=O) groups is 1. The highest BCUT2D eigenvalue weighted by Gasteiger charge is 2.30. The van der Waals surface area contributed by atoms with E-state index in [1.165, 1.54) is 43.2 Å². The van der Waals surface area contributed by atoms with Crippen LogP contribution in [0.4, 0.5) is 0 Å². The van der Waals surface area contributed by atoms with Crippen LogP contribution in [-0.2, 0) is 11.2 Å². The Morgan fingerprint density at radius 3 is 2.60 bits per heavy atom. The molecular formula is C16H21ClN2O. The van der Waals surface area contributed by atoms with Gasteiger partial charge in [0.1, 0.15) is 0 Å². The number of hydrogen-bond acceptors (Lipinski definition) is 2. The van der Waals surface area contributed by atoms with Crippen molar-refractivity contribution >= 4 is 17.5 Å². The van der Waals surface area contributed by atoms with Crippen molar-refractivity contribution in [3.8, 4) is 0 Å². The zero-order valence-corrected chi connectivity index (χ0v) is 12.4. The highest BCUT2D eigenvalue weighted by Crippen LogP contribution is 2.42. The third-order valence-electron chi connectivity index (χ3n) is 4.84. The average molecular weight is 293 g/mol. The molecule has 2 aliphatic carbocycles. The van der Waals surface area contributed by atoms with Crippen LogP contribution in [0.1, 0.15) is 67.1 Å². The van der Waals surface area contributed by atoms with Crippen molar-refractivity contribution in [2.24, 2.45) is 5.84 Å². The summed E-state index contributed by atoms with van der Waals surface area (Å²) in [5, 5.41) is 0.826. The van der Waals surface area contributed by atoms with Gasteiger partial charge in [-0.2, -0.15) is 0 Å². The molecule has 0 bridgehead atoms. The van der Waals surface area contributed by atoms with Crippen LogP contribution in [0.2, 0.25) is 5.02 Å². The summed E-state index contributed by atoms with van der Waals surface area (Å²) in [7, 11) is 0. The van der Waals surface area contributed by atoms with Gasteiger partial charge in [-0.3, -0.25) is 10.2 Å². The third-order valence-corrected chi connectivity index (χ3v) is 5.17. The van der Waals surface area contributed by atoms with Gasteiger partial charge in [0.05, 0.1) is 5.92 Å². The van der Waals surface area contributed by atoms with Crippen LogP contribution in [0.25, 0.3) is 0 Å². The van der Waals surface area contributed by atoms with Gasteiger partial charge in [0.25, 0.3) is 0 Å². The minimum Gasteiger partial charge on any atom is -0.294 e. The van der Waals surface area contributed by atoms with E-state index in [1.807, 2.05) is 6.07 Å². The molecule has 3 nitrogen and oxygen atoms in total. The Bertz CT molecular complexity index is 523. The van der Waals surface area contributed by atoms with E-state index in [9.17, 15) is 4.79 Å². The molecular weight excluding hydrogens is 272 g/mol. The first-order chi connectivity index (χ1) is 9.70. The van der Waals surface area contributed by atoms with Crippen molar-refractivity contribution < 1.29 is 4.79 Å². The maximum Gasteiger partial charge on any atom is 0.241 e. The van der Waals surface area contributed by atoms with Gasteiger partial charge in [-0.15, -0.1) is 0 Å². The molecule has 0 heterocycles. The van der Waals surface area contributed by atoms with Crippen LogP contribution in [0.3, 0.4) is 0 Å². The minimum atomic E-state index is -0.132. The lowest BCUT2D eigenvalue weighted by molar-refractivity contribution is -0.122. The fourth-order valence-corrected chi connectivity index (χ4v) is 4.07. The smallest absolute Gasteiger partial charge is 0.241 e. The predicted molar refractivity (Wildman–Crippen MR) is 80.7 cm³/mol. The van der Waals surface area contributed by atoms with Crippen molar-refractivity contribution in [2.45, 2.75) is 56.8 Å². The van der Waals surface area contributed by atoms with E-state index in [2.05, 4.69) is 11.5 Å². The van der Waals surface area contributed by atoms with E-state index in [4.69, 9.17) is 17.4 Å². The highest BCUT2D eigenvalue weighted by molar-refractivity contribution is 6.31. The lowest BCUT2D eigenvalue weighted by Gasteiger charge is -2.24. The van der Waals surface area contributed by atoms with Crippen molar-refractivity contribution in [1.29, 1.82) is 0 Å². The standard InChI is InChI=1S/C16H21ClN2O/c17-15-9-13-11(6-7-12(13)16(20)19-18)8-14(15)10-4-2-1-3-5-10/h8-10,12H,1-7,18H2,(H,19,20). The van der Waals surface area contributed by atoms with Crippen molar-refractivity contribution in [2.75, 3.05) is 0 Å². The fourth-order valence-electron chi connectivity index (χ4n) is 3.75. The summed E-state index contributed by atoms with van der Waals surface area (Å²) in [4.78, 5) is 11.8. The lowest BCUT2D eigenvalue weighted by Crippen LogP contribution is -2.34. The highest BCUT2D eigenvalue weighted by atomic mass is 35.5. The van der Waals surface area contributed by atoms with E-state index in [-0.39, 0.29) is 11.8 Å². The number of halogens is 1. The molecule has 0 aliphatic heterocycles. The molecule has 0 spiro atoms. The normalized spacial score (nSPS) is 22.6. The van der Waals surface area contributed by atoms with E-state index in [1.54, 1.807) is 0 Å². The molecule has 1 amide bonds. The fraction of sp³-hybridized carbons (Fsp3) is 0.562. The van der Waals surface area contributed by atoms with E-state index in [0.29, 0.717) is 5.92 Å². The summed E-state index contributed by atoms with van der Waals surface area (Å²) in [5.74, 6) is 5.62. The number of fused-ring (bicyclic) bond motifs is 1. The molecule has 1 aromatic rings. The van der Waals surface area contributed by atoms with Crippen LogP contribution >= 0.6 is 11.6 Å². The number of amides is 1. The van der Waals surface area contributed by atoms with Gasteiger partial charge in [-0.1, -0.05) is 36.9 Å². The molecule has 1 saturated carbocycles. The van der Waals surface area contributed by atoms with Crippen LogP contribution in [-0.4, -0.2) is 5.91 Å². The van der Waals surface area contributed by atoms with Gasteiger partial charge in [0, 0.05) is 5.02 Å². The van der Waals surface area contributed by atoms with Crippen LogP contribution in [0, 0.1) is 0 Å². The van der Waals surface area contributed by atoms with Gasteiger partial charge in [0.15, 0.2) is 0 Å². The second-order valence-corrected chi connectivity index (χ2v) is 6.41. The third kappa shape index (κ3) is 2.45. The Morgan fingerprint density at radius 2 is 1.90 bits per heavy atom. The first kappa shape index (κ1) is 13.9. The van der Waals surface area contributed by atoms with Crippen LogP contribution < -0.4 is 11.3 Å². The molecule has 0 aromatic heterocycles. The van der Waals surface area contributed by atoms with Crippen LogP contribution in [0.15, 0.2) is 12.1 Å². The molecule has 2 aliphatic rings. The SMILES string of the molecule is NNC(=O)C1CCc2cc(C3CCCCC3)c(Cl)cc21. The molecule has 0 saturated heterocycles. The lowest BCUT2D eigenvalue weighted by atomic mass is 9.83. The molecule has 3 rings (SSSR count). The maximum absolute atomic E-state index is 11.8. The van der Waals surface area contributed by atoms with Gasteiger partial charge < -0.3 is 0 Å². The van der Waals surface area contributed by atoms with Crippen molar-refractivity contribution in [3.05, 3.63) is 33.8 Å². The Hall–Kier alpha value is -1.06. The molecule has 20 heavy (non-hydrogen) atoms. The Kier molecular flexibility index (Phi) is 3.99. The zero-order valence-electron chi connectivity index (χ0n) is 11.6. The topological polar surface area (TPSA) is 55.1 Å². The molecule has 108 valence electrons. The summed E-state index contributed by atoms with van der Waals surface area (Å²) < 4.78 is 0. The quantitative estimate of drug-likeness (QED) is 0.499. The number of hydrazine groups is 1. The summed E-state index contributed by atoms with van der Waals surface area (Å²) >= 11 is 6.49. The minimum absolute atomic E-state index is 0.106. The molecule has 1 atom stereocenters. The first-order valence-electron chi connectivity index (χ1n) is 7.53. The van der Waals surface area contributed by atoms with Crippen molar-refractivity contribution in [1.82, 2.24) is 5.43 Å². The number of carbonyl (C=O) groups excluding carboxylic acids is 1. The van der Waals surface area contributed by atoms with E-state index >= 15 is 0 Å². The Morgan fingerprint density at radius 1 is 1.15 bits per heavy atom. The summed E-state index contributed by atoms with van der Waals surface area (Å²) in [6, 6.07) is 4.26. The van der Waals surface area contributed by atoms with E-state index < -0.39 is 0 Å². The summed E-state index contributed by atoms with van der Waals surface area (Å²) in [6.07, 6.45) is 8.22. The number of nitrogens with one attached hydrogen (secondary N) is 1.